The van der Waals surface area contributed by atoms with Crippen molar-refractivity contribution in [3.63, 3.8) is 0 Å². The lowest BCUT2D eigenvalue weighted by Crippen LogP contribution is -2.44. The Balaban J connectivity index is 2.18. The molecule has 4 rings (SSSR count). The first-order chi connectivity index (χ1) is 17.1. The Kier molecular flexibility index (Phi) is 6.57. The van der Waals surface area contributed by atoms with Crippen molar-refractivity contribution in [2.75, 3.05) is 10.7 Å². The predicted octanol–water partition coefficient (Wildman–Crippen LogP) is 2.92. The summed E-state index contributed by atoms with van der Waals surface area (Å²) in [6.45, 7) is 1.45. The quantitative estimate of drug-likeness (QED) is 0.139. The summed E-state index contributed by atoms with van der Waals surface area (Å²) >= 11 is 6.07. The maximum absolute atomic E-state index is 14.2. The van der Waals surface area contributed by atoms with Crippen LogP contribution in [0, 0.1) is 30.9 Å². The largest absolute Gasteiger partial charge is 0.397 e. The first kappa shape index (κ1) is 24.6. The minimum atomic E-state index is -1.25. The van der Waals surface area contributed by atoms with Gasteiger partial charge in [-0.1, -0.05) is 17.5 Å². The van der Waals surface area contributed by atoms with Gasteiger partial charge in [-0.05, 0) is 30.7 Å². The van der Waals surface area contributed by atoms with E-state index in [0.29, 0.717) is 5.56 Å². The molecule has 4 N–H and O–H groups in total. The number of hydrazine groups is 1. The van der Waals surface area contributed by atoms with Crippen LogP contribution in [0.1, 0.15) is 5.56 Å². The molecule has 0 aliphatic rings. The molecule has 3 aromatic heterocycles. The van der Waals surface area contributed by atoms with Crippen LogP contribution in [-0.2, 0) is 6.54 Å². The molecule has 0 radical (unpaired) electrons. The van der Waals surface area contributed by atoms with Gasteiger partial charge in [0.05, 0.1) is 35.5 Å². The Labute approximate surface area is 208 Å². The highest BCUT2D eigenvalue weighted by atomic mass is 35.5. The van der Waals surface area contributed by atoms with Gasteiger partial charge in [-0.25, -0.2) is 29.0 Å². The Bertz CT molecular complexity index is 1660. The topological polar surface area (TPSA) is 125 Å². The zero-order valence-corrected chi connectivity index (χ0v) is 19.5. The van der Waals surface area contributed by atoms with Crippen molar-refractivity contribution >= 4 is 28.7 Å². The Morgan fingerprint density at radius 2 is 1.89 bits per heavy atom. The Morgan fingerprint density at radius 1 is 1.17 bits per heavy atom. The summed E-state index contributed by atoms with van der Waals surface area (Å²) in [5.41, 5.74) is 4.47. The second-order valence-electron chi connectivity index (χ2n) is 7.69. The molecule has 0 fully saturated rings. The number of nitrogens with two attached hydrogens (primary N) is 2. The van der Waals surface area contributed by atoms with Crippen LogP contribution < -0.4 is 27.8 Å². The molecule has 0 spiro atoms. The first-order valence-electron chi connectivity index (χ1n) is 10.3. The van der Waals surface area contributed by atoms with E-state index in [1.165, 1.54) is 24.5 Å². The summed E-state index contributed by atoms with van der Waals surface area (Å²) in [6, 6.07) is 5.91. The van der Waals surface area contributed by atoms with Crippen LogP contribution in [0.15, 0.2) is 58.5 Å². The van der Waals surface area contributed by atoms with Crippen LogP contribution in [0.5, 0.6) is 0 Å². The summed E-state index contributed by atoms with van der Waals surface area (Å²) in [5.74, 6) is 6.26. The molecule has 0 saturated carbocycles. The SMILES string of the molecule is C#CCn1c(-c2ccnc(Cl)c2)c(N(N)c2cc(F)c(F)cc2N)c(=O)n(-c2cncc(C)c2)c1=O. The lowest BCUT2D eigenvalue weighted by atomic mass is 10.1. The summed E-state index contributed by atoms with van der Waals surface area (Å²) in [7, 11) is 0. The number of nitrogen functional groups attached to an aromatic ring is 1. The monoisotopic (exact) mass is 509 g/mol. The molecule has 0 aliphatic heterocycles. The Hall–Kier alpha value is -4.53. The second kappa shape index (κ2) is 9.61. The molecule has 12 heteroatoms. The van der Waals surface area contributed by atoms with Crippen molar-refractivity contribution in [2.45, 2.75) is 13.5 Å². The average molecular weight is 510 g/mol. The van der Waals surface area contributed by atoms with Gasteiger partial charge in [0.2, 0.25) is 0 Å². The smallest absolute Gasteiger partial charge is 0.337 e. The number of anilines is 3. The molecule has 1 aromatic carbocycles. The molecule has 182 valence electrons. The third kappa shape index (κ3) is 4.31. The molecular formula is C24H18ClF2N7O2. The molecule has 0 bridgehead atoms. The second-order valence-corrected chi connectivity index (χ2v) is 8.08. The molecule has 0 atom stereocenters. The number of terminal acetylenes is 1. The minimum Gasteiger partial charge on any atom is -0.397 e. The highest BCUT2D eigenvalue weighted by Crippen LogP contribution is 2.34. The van der Waals surface area contributed by atoms with Gasteiger partial charge in [-0.3, -0.25) is 19.4 Å². The fourth-order valence-corrected chi connectivity index (χ4v) is 3.88. The molecule has 0 saturated heterocycles. The number of aromatic nitrogens is 4. The summed E-state index contributed by atoms with van der Waals surface area (Å²) < 4.78 is 29.9. The van der Waals surface area contributed by atoms with Gasteiger partial charge in [-0.15, -0.1) is 6.42 Å². The molecule has 36 heavy (non-hydrogen) atoms. The van der Waals surface area contributed by atoms with Gasteiger partial charge in [0.25, 0.3) is 5.56 Å². The van der Waals surface area contributed by atoms with Crippen LogP contribution in [0.3, 0.4) is 0 Å². The van der Waals surface area contributed by atoms with E-state index in [2.05, 4.69) is 15.9 Å². The number of hydrogen-bond donors (Lipinski definition) is 2. The number of benzene rings is 1. The summed E-state index contributed by atoms with van der Waals surface area (Å²) in [4.78, 5) is 35.5. The van der Waals surface area contributed by atoms with Crippen molar-refractivity contribution in [1.82, 2.24) is 19.1 Å². The van der Waals surface area contributed by atoms with Crippen molar-refractivity contribution in [1.29, 1.82) is 0 Å². The number of rotatable bonds is 5. The molecule has 3 heterocycles. The highest BCUT2D eigenvalue weighted by molar-refractivity contribution is 6.29. The van der Waals surface area contributed by atoms with Gasteiger partial charge in [-0.2, -0.15) is 0 Å². The normalized spacial score (nSPS) is 10.8. The van der Waals surface area contributed by atoms with Gasteiger partial charge in [0.1, 0.15) is 10.8 Å². The van der Waals surface area contributed by atoms with Gasteiger partial charge < -0.3 is 5.73 Å². The molecule has 0 amide bonds. The lowest BCUT2D eigenvalue weighted by Gasteiger charge is -2.26. The van der Waals surface area contributed by atoms with Crippen LogP contribution in [0.2, 0.25) is 5.15 Å². The number of pyridine rings is 2. The van der Waals surface area contributed by atoms with Crippen molar-refractivity contribution in [2.24, 2.45) is 5.84 Å². The maximum Gasteiger partial charge on any atom is 0.337 e. The maximum atomic E-state index is 14.2. The molecular weight excluding hydrogens is 492 g/mol. The average Bonchev–Trinajstić information content (AvgIpc) is 2.82. The van der Waals surface area contributed by atoms with E-state index in [1.54, 1.807) is 19.2 Å². The summed E-state index contributed by atoms with van der Waals surface area (Å²) in [6.07, 6.45) is 9.76. The van der Waals surface area contributed by atoms with E-state index < -0.39 is 22.9 Å². The van der Waals surface area contributed by atoms with E-state index >= 15 is 0 Å². The third-order valence-corrected chi connectivity index (χ3v) is 5.47. The van der Waals surface area contributed by atoms with Crippen molar-refractivity contribution in [3.05, 3.63) is 92.1 Å². The van der Waals surface area contributed by atoms with E-state index in [0.717, 1.165) is 26.3 Å². The Morgan fingerprint density at radius 3 is 2.56 bits per heavy atom. The van der Waals surface area contributed by atoms with Crippen LogP contribution in [0.4, 0.5) is 25.8 Å². The third-order valence-electron chi connectivity index (χ3n) is 5.26. The van der Waals surface area contributed by atoms with Crippen LogP contribution in [0.25, 0.3) is 16.9 Å². The minimum absolute atomic E-state index is 0.0317. The first-order valence-corrected chi connectivity index (χ1v) is 10.7. The van der Waals surface area contributed by atoms with Gasteiger partial charge >= 0.3 is 5.69 Å². The standard InChI is InChI=1S/C24H18ClF2N7O2/c1-3-6-32-21(14-4-5-31-20(25)8-14)22(34(29)19-10-17(27)16(26)9-18(19)28)23(35)33(24(32)36)15-7-13(2)11-30-12-15/h1,4-5,7-12H,6,28-29H2,2H3. The number of nitrogens with zero attached hydrogens (tertiary/aromatic N) is 5. The highest BCUT2D eigenvalue weighted by Gasteiger charge is 2.27. The molecule has 0 aliphatic carbocycles. The number of hydrogen-bond acceptors (Lipinski definition) is 7. The van der Waals surface area contributed by atoms with Crippen LogP contribution in [-0.4, -0.2) is 19.1 Å². The predicted molar refractivity (Wildman–Crippen MR) is 133 cm³/mol. The lowest BCUT2D eigenvalue weighted by molar-refractivity contribution is 0.509. The zero-order valence-electron chi connectivity index (χ0n) is 18.7. The number of halogens is 3. The molecule has 0 unspecified atom stereocenters. The van der Waals surface area contributed by atoms with Gasteiger partial charge in [0, 0.05) is 30.1 Å². The molecule has 9 nitrogen and oxygen atoms in total. The zero-order chi connectivity index (χ0) is 26.1. The summed E-state index contributed by atoms with van der Waals surface area (Å²) in [5, 5.41) is 0.830. The van der Waals surface area contributed by atoms with E-state index in [9.17, 15) is 18.4 Å². The number of aryl methyl sites for hydroxylation is 1. The van der Waals surface area contributed by atoms with E-state index in [4.69, 9.17) is 29.6 Å². The fourth-order valence-electron chi connectivity index (χ4n) is 3.71. The van der Waals surface area contributed by atoms with E-state index in [-0.39, 0.29) is 45.7 Å². The van der Waals surface area contributed by atoms with Crippen LogP contribution >= 0.6 is 11.6 Å². The van der Waals surface area contributed by atoms with Gasteiger partial charge in [0.15, 0.2) is 11.6 Å². The fraction of sp³-hybridized carbons (Fsp3) is 0.0833. The molecule has 4 aromatic rings. The van der Waals surface area contributed by atoms with Crippen molar-refractivity contribution < 1.29 is 8.78 Å². The van der Waals surface area contributed by atoms with Crippen molar-refractivity contribution in [3.8, 4) is 29.3 Å². The van der Waals surface area contributed by atoms with E-state index in [1.807, 2.05) is 0 Å².